The highest BCUT2D eigenvalue weighted by Crippen LogP contribution is 2.14. The van der Waals surface area contributed by atoms with E-state index < -0.39 is 0 Å². The van der Waals surface area contributed by atoms with E-state index in [-0.39, 0.29) is 0 Å². The fourth-order valence-electron chi connectivity index (χ4n) is 2.17. The lowest BCUT2D eigenvalue weighted by Crippen LogP contribution is -2.38. The number of rotatable bonds is 4. The molecule has 0 unspecified atom stereocenters. The smallest absolute Gasteiger partial charge is 0.194 e. The highest BCUT2D eigenvalue weighted by molar-refractivity contribution is 9.10. The molecule has 2 rings (SSSR count). The van der Waals surface area contributed by atoms with Crippen LogP contribution in [0.1, 0.15) is 11.3 Å². The molecule has 0 amide bonds. The maximum Gasteiger partial charge on any atom is 0.194 e. The van der Waals surface area contributed by atoms with Gasteiger partial charge >= 0.3 is 0 Å². The van der Waals surface area contributed by atoms with Crippen molar-refractivity contribution in [1.82, 2.24) is 24.6 Å². The molecule has 0 radical (unpaired) electrons. The van der Waals surface area contributed by atoms with Gasteiger partial charge in [-0.15, -0.1) is 0 Å². The minimum absolute atomic E-state index is 0.710. The van der Waals surface area contributed by atoms with Crippen molar-refractivity contribution in [3.63, 3.8) is 0 Å². The van der Waals surface area contributed by atoms with Crippen molar-refractivity contribution >= 4 is 21.9 Å². The highest BCUT2D eigenvalue weighted by Gasteiger charge is 2.09. The molecule has 21 heavy (non-hydrogen) atoms. The topological polar surface area (TPSA) is 50.4 Å². The van der Waals surface area contributed by atoms with Gasteiger partial charge in [-0.05, 0) is 22.0 Å². The lowest BCUT2D eigenvalue weighted by atomic mass is 10.3. The average molecular weight is 353 g/mol. The Balaban J connectivity index is 1.95. The van der Waals surface area contributed by atoms with Gasteiger partial charge < -0.3 is 14.8 Å². The third kappa shape index (κ3) is 4.10. The van der Waals surface area contributed by atoms with Gasteiger partial charge in [-0.2, -0.15) is 5.10 Å². The Labute approximate surface area is 133 Å². The zero-order valence-corrected chi connectivity index (χ0v) is 14.4. The maximum atomic E-state index is 4.33. The van der Waals surface area contributed by atoms with Gasteiger partial charge in [0.05, 0.1) is 12.7 Å². The summed E-state index contributed by atoms with van der Waals surface area (Å²) in [5, 5.41) is 7.51. The van der Waals surface area contributed by atoms with E-state index in [2.05, 4.69) is 53.1 Å². The molecule has 114 valence electrons. The van der Waals surface area contributed by atoms with Gasteiger partial charge in [0.25, 0.3) is 0 Å². The number of aromatic nitrogens is 3. The van der Waals surface area contributed by atoms with E-state index in [1.54, 1.807) is 11.7 Å². The summed E-state index contributed by atoms with van der Waals surface area (Å²) >= 11 is 3.50. The molecule has 2 heterocycles. The molecule has 2 aromatic rings. The quantitative estimate of drug-likeness (QED) is 0.673. The van der Waals surface area contributed by atoms with E-state index >= 15 is 0 Å². The van der Waals surface area contributed by atoms with Gasteiger partial charge in [0.15, 0.2) is 5.96 Å². The summed E-state index contributed by atoms with van der Waals surface area (Å²) < 4.78 is 4.99. The molecule has 0 aliphatic carbocycles. The summed E-state index contributed by atoms with van der Waals surface area (Å²) in [7, 11) is 7.78. The zero-order valence-electron chi connectivity index (χ0n) is 12.8. The van der Waals surface area contributed by atoms with Crippen molar-refractivity contribution in [1.29, 1.82) is 0 Å². The predicted molar refractivity (Wildman–Crippen MR) is 88.0 cm³/mol. The summed E-state index contributed by atoms with van der Waals surface area (Å²) in [4.78, 5) is 6.42. The fraction of sp³-hybridized carbons (Fsp3) is 0.429. The van der Waals surface area contributed by atoms with Crippen LogP contribution in [0, 0.1) is 0 Å². The number of guanidine groups is 1. The summed E-state index contributed by atoms with van der Waals surface area (Å²) in [6.07, 6.45) is 5.90. The van der Waals surface area contributed by atoms with Crippen LogP contribution < -0.4 is 5.32 Å². The first kappa shape index (κ1) is 15.6. The minimum atomic E-state index is 0.710. The van der Waals surface area contributed by atoms with Crippen molar-refractivity contribution in [2.45, 2.75) is 13.1 Å². The molecule has 1 N–H and O–H groups in total. The van der Waals surface area contributed by atoms with E-state index in [0.717, 1.165) is 22.5 Å². The summed E-state index contributed by atoms with van der Waals surface area (Å²) in [5.74, 6) is 0.858. The number of nitrogens with one attached hydrogen (secondary N) is 1. The van der Waals surface area contributed by atoms with E-state index in [1.165, 1.54) is 5.69 Å². The maximum absolute atomic E-state index is 4.33. The normalized spacial score (nSPS) is 11.8. The van der Waals surface area contributed by atoms with Crippen LogP contribution in [0.4, 0.5) is 0 Å². The van der Waals surface area contributed by atoms with Gasteiger partial charge in [-0.1, -0.05) is 0 Å². The largest absolute Gasteiger partial charge is 0.352 e. The van der Waals surface area contributed by atoms with Crippen LogP contribution in [0.5, 0.6) is 0 Å². The van der Waals surface area contributed by atoms with E-state index in [0.29, 0.717) is 6.54 Å². The van der Waals surface area contributed by atoms with Gasteiger partial charge in [-0.3, -0.25) is 9.67 Å². The summed E-state index contributed by atoms with van der Waals surface area (Å²) in [5.41, 5.74) is 2.35. The molecule has 0 fully saturated rings. The second-order valence-electron chi connectivity index (χ2n) is 5.04. The predicted octanol–water partition coefficient (Wildman–Crippen LogP) is 1.73. The molecule has 0 bridgehead atoms. The Morgan fingerprint density at radius 1 is 1.43 bits per heavy atom. The van der Waals surface area contributed by atoms with E-state index in [4.69, 9.17) is 0 Å². The lowest BCUT2D eigenvalue weighted by Gasteiger charge is -2.22. The third-order valence-electron chi connectivity index (χ3n) is 3.26. The molecule has 0 aromatic carbocycles. The van der Waals surface area contributed by atoms with Gasteiger partial charge in [-0.25, -0.2) is 0 Å². The first-order valence-electron chi connectivity index (χ1n) is 6.69. The van der Waals surface area contributed by atoms with Crippen molar-refractivity contribution in [3.05, 3.63) is 40.4 Å². The second kappa shape index (κ2) is 6.80. The molecule has 0 aliphatic rings. The molecule has 0 saturated carbocycles. The second-order valence-corrected chi connectivity index (χ2v) is 5.96. The van der Waals surface area contributed by atoms with Crippen molar-refractivity contribution < 1.29 is 0 Å². The van der Waals surface area contributed by atoms with Gasteiger partial charge in [0.2, 0.25) is 0 Å². The van der Waals surface area contributed by atoms with E-state index in [9.17, 15) is 0 Å². The lowest BCUT2D eigenvalue weighted by molar-refractivity contribution is 0.461. The monoisotopic (exact) mass is 352 g/mol. The van der Waals surface area contributed by atoms with Gasteiger partial charge in [0.1, 0.15) is 0 Å². The molecule has 6 nitrogen and oxygen atoms in total. The number of aliphatic imine (C=N–C) groups is 1. The molecule has 0 aliphatic heterocycles. The Kier molecular flexibility index (Phi) is 5.06. The fourth-order valence-corrected chi connectivity index (χ4v) is 2.74. The van der Waals surface area contributed by atoms with Crippen LogP contribution in [0.15, 0.2) is 34.1 Å². The van der Waals surface area contributed by atoms with E-state index in [1.807, 2.05) is 33.5 Å². The Bertz CT molecular complexity index is 627. The minimum Gasteiger partial charge on any atom is -0.352 e. The van der Waals surface area contributed by atoms with Crippen LogP contribution in [0.2, 0.25) is 0 Å². The van der Waals surface area contributed by atoms with Crippen molar-refractivity contribution in [3.8, 4) is 0 Å². The molecule has 0 atom stereocenters. The third-order valence-corrected chi connectivity index (χ3v) is 3.69. The number of hydrogen-bond acceptors (Lipinski definition) is 2. The van der Waals surface area contributed by atoms with Crippen LogP contribution >= 0.6 is 15.9 Å². The van der Waals surface area contributed by atoms with Gasteiger partial charge in [0, 0.05) is 62.9 Å². The SMILES string of the molecule is CN=C(NCc1cnn(C)c1)N(C)Cc1cc(Br)cn1C. The van der Waals surface area contributed by atoms with Crippen LogP contribution in [0.3, 0.4) is 0 Å². The molecule has 2 aromatic heterocycles. The number of hydrogen-bond donors (Lipinski definition) is 1. The Morgan fingerprint density at radius 2 is 2.19 bits per heavy atom. The summed E-state index contributed by atoms with van der Waals surface area (Å²) in [6.45, 7) is 1.50. The first-order valence-corrected chi connectivity index (χ1v) is 7.49. The molecule has 0 saturated heterocycles. The highest BCUT2D eigenvalue weighted by atomic mass is 79.9. The number of aryl methyl sites for hydroxylation is 2. The average Bonchev–Trinajstić information content (AvgIpc) is 2.96. The van der Waals surface area contributed by atoms with Crippen LogP contribution in [0.25, 0.3) is 0 Å². The first-order chi connectivity index (χ1) is 9.99. The van der Waals surface area contributed by atoms with Crippen molar-refractivity contribution in [2.24, 2.45) is 19.1 Å². The Hall–Kier alpha value is -1.76. The number of nitrogens with zero attached hydrogens (tertiary/aromatic N) is 5. The molecular weight excluding hydrogens is 332 g/mol. The van der Waals surface area contributed by atoms with Crippen LogP contribution in [-0.2, 0) is 27.2 Å². The molecular formula is C14H21BrN6. The summed E-state index contributed by atoms with van der Waals surface area (Å²) in [6, 6.07) is 2.12. The zero-order chi connectivity index (χ0) is 15.4. The standard InChI is InChI=1S/C14H21BrN6/c1-16-14(17-6-11-7-18-21(4)8-11)20(3)10-13-5-12(15)9-19(13)2/h5,7-9H,6,10H2,1-4H3,(H,16,17). The molecule has 7 heteroatoms. The Morgan fingerprint density at radius 3 is 2.71 bits per heavy atom. The van der Waals surface area contributed by atoms with Crippen LogP contribution in [-0.4, -0.2) is 39.3 Å². The van der Waals surface area contributed by atoms with Crippen molar-refractivity contribution in [2.75, 3.05) is 14.1 Å². The number of halogens is 1. The molecule has 0 spiro atoms.